The molecule has 1 amide bonds. The number of aryl methyl sites for hydroxylation is 1. The van der Waals surface area contributed by atoms with Gasteiger partial charge in [-0.05, 0) is 31.4 Å². The lowest BCUT2D eigenvalue weighted by Gasteiger charge is -2.21. The molecule has 24 heavy (non-hydrogen) atoms. The predicted octanol–water partition coefficient (Wildman–Crippen LogP) is 1.32. The van der Waals surface area contributed by atoms with E-state index in [2.05, 4.69) is 9.97 Å². The van der Waals surface area contributed by atoms with E-state index < -0.39 is 12.0 Å². The van der Waals surface area contributed by atoms with Crippen molar-refractivity contribution in [1.29, 1.82) is 0 Å². The molecule has 1 aliphatic heterocycles. The number of rotatable bonds is 5. The topological polar surface area (TPSA) is 103 Å². The molecule has 7 nitrogen and oxygen atoms in total. The van der Waals surface area contributed by atoms with E-state index in [1.165, 1.54) is 4.90 Å². The number of aromatic amines is 1. The van der Waals surface area contributed by atoms with Crippen molar-refractivity contribution >= 4 is 22.8 Å². The number of fused-ring (bicyclic) bond motifs is 1. The minimum absolute atomic E-state index is 0.150. The maximum atomic E-state index is 12.2. The Balaban J connectivity index is 1.61. The van der Waals surface area contributed by atoms with Crippen LogP contribution < -0.4 is 5.56 Å². The van der Waals surface area contributed by atoms with Crippen molar-refractivity contribution in [2.24, 2.45) is 0 Å². The number of nitrogens with one attached hydrogen (secondary N) is 1. The van der Waals surface area contributed by atoms with Crippen molar-refractivity contribution in [3.8, 4) is 0 Å². The smallest absolute Gasteiger partial charge is 0.326 e. The fraction of sp³-hybridized carbons (Fsp3) is 0.412. The lowest BCUT2D eigenvalue weighted by atomic mass is 10.1. The maximum absolute atomic E-state index is 12.2. The molecule has 1 fully saturated rings. The monoisotopic (exact) mass is 329 g/mol. The molecule has 2 aromatic rings. The Morgan fingerprint density at radius 1 is 1.33 bits per heavy atom. The van der Waals surface area contributed by atoms with Crippen LogP contribution in [0.15, 0.2) is 29.1 Å². The minimum atomic E-state index is -0.943. The summed E-state index contributed by atoms with van der Waals surface area (Å²) < 4.78 is 0. The molecule has 1 aliphatic rings. The van der Waals surface area contributed by atoms with Crippen molar-refractivity contribution in [2.75, 3.05) is 6.54 Å². The summed E-state index contributed by atoms with van der Waals surface area (Å²) in [6.07, 6.45) is 2.48. The molecule has 0 aliphatic carbocycles. The first-order valence-corrected chi connectivity index (χ1v) is 8.06. The van der Waals surface area contributed by atoms with Crippen LogP contribution in [0.25, 0.3) is 10.9 Å². The van der Waals surface area contributed by atoms with E-state index in [0.29, 0.717) is 42.5 Å². The number of aliphatic carboxylic acids is 1. The summed E-state index contributed by atoms with van der Waals surface area (Å²) in [7, 11) is 0. The Morgan fingerprint density at radius 2 is 2.12 bits per heavy atom. The van der Waals surface area contributed by atoms with Crippen LogP contribution in [0.3, 0.4) is 0 Å². The van der Waals surface area contributed by atoms with Gasteiger partial charge in [0, 0.05) is 19.4 Å². The third-order valence-electron chi connectivity index (χ3n) is 4.32. The SMILES string of the molecule is O=C(O)C1CCCN1C(=O)CCCc1nc2ccccc2c(=O)[nH]1. The standard InChI is InChI=1S/C17H19N3O4/c21-15(20-10-4-7-13(20)17(23)24)9-3-8-14-18-12-6-2-1-5-11(12)16(22)19-14/h1-2,5-6,13H,3-4,7-10H2,(H,23,24)(H,18,19,22). The number of H-pyrrole nitrogens is 1. The molecule has 0 bridgehead atoms. The second kappa shape index (κ2) is 6.82. The van der Waals surface area contributed by atoms with Gasteiger partial charge in [-0.25, -0.2) is 9.78 Å². The zero-order valence-electron chi connectivity index (χ0n) is 13.2. The number of hydrogen-bond donors (Lipinski definition) is 2. The molecule has 3 rings (SSSR count). The van der Waals surface area contributed by atoms with Crippen molar-refractivity contribution in [1.82, 2.24) is 14.9 Å². The summed E-state index contributed by atoms with van der Waals surface area (Å²) in [4.78, 5) is 43.9. The Kier molecular flexibility index (Phi) is 4.59. The number of nitrogens with zero attached hydrogens (tertiary/aromatic N) is 2. The number of amides is 1. The highest BCUT2D eigenvalue weighted by atomic mass is 16.4. The number of likely N-dealkylation sites (tertiary alicyclic amines) is 1. The number of carbonyl (C=O) groups excluding carboxylic acids is 1. The number of hydrogen-bond acceptors (Lipinski definition) is 4. The van der Waals surface area contributed by atoms with Crippen LogP contribution in [0.5, 0.6) is 0 Å². The summed E-state index contributed by atoms with van der Waals surface area (Å²) in [5.41, 5.74) is 0.445. The molecule has 7 heteroatoms. The van der Waals surface area contributed by atoms with Crippen LogP contribution in [0, 0.1) is 0 Å². The molecule has 1 saturated heterocycles. The van der Waals surface area contributed by atoms with E-state index in [0.717, 1.165) is 6.42 Å². The number of carboxylic acid groups (broad SMARTS) is 1. The van der Waals surface area contributed by atoms with Crippen LogP contribution in [0.1, 0.15) is 31.5 Å². The Morgan fingerprint density at radius 3 is 2.92 bits per heavy atom. The molecule has 1 aromatic carbocycles. The Hall–Kier alpha value is -2.70. The lowest BCUT2D eigenvalue weighted by molar-refractivity contribution is -0.148. The number of para-hydroxylation sites is 1. The second-order valence-corrected chi connectivity index (χ2v) is 5.97. The number of aromatic nitrogens is 2. The van der Waals surface area contributed by atoms with E-state index in [9.17, 15) is 14.4 Å². The molecule has 2 N–H and O–H groups in total. The third-order valence-corrected chi connectivity index (χ3v) is 4.32. The highest BCUT2D eigenvalue weighted by molar-refractivity contribution is 5.84. The van der Waals surface area contributed by atoms with Crippen molar-refractivity contribution < 1.29 is 14.7 Å². The zero-order valence-corrected chi connectivity index (χ0v) is 13.2. The fourth-order valence-corrected chi connectivity index (χ4v) is 3.13. The molecule has 2 heterocycles. The molecule has 0 spiro atoms. The van der Waals surface area contributed by atoms with Gasteiger partial charge in [-0.2, -0.15) is 0 Å². The molecule has 126 valence electrons. The Labute approximate surface area is 138 Å². The van der Waals surface area contributed by atoms with Gasteiger partial charge in [0.15, 0.2) is 0 Å². The van der Waals surface area contributed by atoms with Crippen molar-refractivity contribution in [3.63, 3.8) is 0 Å². The van der Waals surface area contributed by atoms with Gasteiger partial charge in [0.25, 0.3) is 5.56 Å². The van der Waals surface area contributed by atoms with Gasteiger partial charge in [-0.3, -0.25) is 9.59 Å². The van der Waals surface area contributed by atoms with Gasteiger partial charge in [-0.15, -0.1) is 0 Å². The first kappa shape index (κ1) is 16.2. The van der Waals surface area contributed by atoms with Crippen LogP contribution in [-0.4, -0.2) is 44.4 Å². The average Bonchev–Trinajstić information content (AvgIpc) is 3.05. The largest absolute Gasteiger partial charge is 0.480 e. The number of benzene rings is 1. The van der Waals surface area contributed by atoms with Gasteiger partial charge in [0.1, 0.15) is 11.9 Å². The van der Waals surface area contributed by atoms with E-state index >= 15 is 0 Å². The third kappa shape index (κ3) is 3.29. The quantitative estimate of drug-likeness (QED) is 0.861. The van der Waals surface area contributed by atoms with E-state index in [4.69, 9.17) is 5.11 Å². The van der Waals surface area contributed by atoms with E-state index in [1.54, 1.807) is 18.2 Å². The fourth-order valence-electron chi connectivity index (χ4n) is 3.13. The van der Waals surface area contributed by atoms with Crippen LogP contribution in [0.4, 0.5) is 0 Å². The summed E-state index contributed by atoms with van der Waals surface area (Å²) in [6.45, 7) is 0.501. The van der Waals surface area contributed by atoms with Crippen molar-refractivity contribution in [2.45, 2.75) is 38.1 Å². The van der Waals surface area contributed by atoms with Crippen molar-refractivity contribution in [3.05, 3.63) is 40.4 Å². The number of carbonyl (C=O) groups is 2. The predicted molar refractivity (Wildman–Crippen MR) is 87.7 cm³/mol. The zero-order chi connectivity index (χ0) is 17.1. The summed E-state index contributed by atoms with van der Waals surface area (Å²) in [5, 5.41) is 9.66. The lowest BCUT2D eigenvalue weighted by Crippen LogP contribution is -2.40. The number of carboxylic acids is 1. The Bertz CT molecular complexity index is 830. The highest BCUT2D eigenvalue weighted by Gasteiger charge is 2.33. The van der Waals surface area contributed by atoms with Gasteiger partial charge in [0.05, 0.1) is 10.9 Å². The van der Waals surface area contributed by atoms with E-state index in [-0.39, 0.29) is 17.9 Å². The van der Waals surface area contributed by atoms with Crippen LogP contribution in [0.2, 0.25) is 0 Å². The maximum Gasteiger partial charge on any atom is 0.326 e. The van der Waals surface area contributed by atoms with Crippen LogP contribution >= 0.6 is 0 Å². The molecule has 1 atom stereocenters. The molecule has 1 unspecified atom stereocenters. The summed E-state index contributed by atoms with van der Waals surface area (Å²) >= 11 is 0. The molecular formula is C17H19N3O4. The first-order chi connectivity index (χ1) is 11.6. The van der Waals surface area contributed by atoms with Gasteiger partial charge >= 0.3 is 5.97 Å². The van der Waals surface area contributed by atoms with Gasteiger partial charge < -0.3 is 15.0 Å². The van der Waals surface area contributed by atoms with Gasteiger partial charge in [-0.1, -0.05) is 12.1 Å². The molecule has 0 radical (unpaired) electrons. The second-order valence-electron chi connectivity index (χ2n) is 5.97. The first-order valence-electron chi connectivity index (χ1n) is 8.06. The molecule has 0 saturated carbocycles. The van der Waals surface area contributed by atoms with Crippen LogP contribution in [-0.2, 0) is 16.0 Å². The normalized spacial score (nSPS) is 17.3. The summed E-state index contributed by atoms with van der Waals surface area (Å²) in [5.74, 6) is -0.549. The van der Waals surface area contributed by atoms with Gasteiger partial charge in [0.2, 0.25) is 5.91 Å². The molecular weight excluding hydrogens is 310 g/mol. The highest BCUT2D eigenvalue weighted by Crippen LogP contribution is 2.19. The average molecular weight is 329 g/mol. The molecule has 1 aromatic heterocycles. The van der Waals surface area contributed by atoms with E-state index in [1.807, 2.05) is 6.07 Å². The summed E-state index contributed by atoms with van der Waals surface area (Å²) in [6, 6.07) is 6.40. The minimum Gasteiger partial charge on any atom is -0.480 e.